The summed E-state index contributed by atoms with van der Waals surface area (Å²) >= 11 is 0. The SMILES string of the molecule is CCNc1nc(C2CC2)cc(N2C[C@H]3C[C@H]2c2ccccc23)n1. The van der Waals surface area contributed by atoms with E-state index in [0.29, 0.717) is 17.9 Å². The molecule has 1 aliphatic heterocycles. The van der Waals surface area contributed by atoms with E-state index < -0.39 is 0 Å². The third-order valence-electron chi connectivity index (χ3n) is 5.45. The zero-order valence-electron chi connectivity index (χ0n) is 13.5. The molecule has 118 valence electrons. The summed E-state index contributed by atoms with van der Waals surface area (Å²) in [7, 11) is 0. The van der Waals surface area contributed by atoms with Gasteiger partial charge in [0.2, 0.25) is 5.95 Å². The van der Waals surface area contributed by atoms with Gasteiger partial charge >= 0.3 is 0 Å². The van der Waals surface area contributed by atoms with Crippen LogP contribution in [-0.4, -0.2) is 23.1 Å². The zero-order chi connectivity index (χ0) is 15.4. The van der Waals surface area contributed by atoms with Gasteiger partial charge in [-0.15, -0.1) is 0 Å². The fourth-order valence-corrected chi connectivity index (χ4v) is 4.22. The molecule has 3 aliphatic rings. The van der Waals surface area contributed by atoms with Gasteiger partial charge < -0.3 is 10.2 Å². The summed E-state index contributed by atoms with van der Waals surface area (Å²) in [4.78, 5) is 12.0. The molecule has 23 heavy (non-hydrogen) atoms. The predicted octanol–water partition coefficient (Wildman–Crippen LogP) is 3.83. The molecule has 5 rings (SSSR count). The Kier molecular flexibility index (Phi) is 2.87. The maximum absolute atomic E-state index is 4.81. The van der Waals surface area contributed by atoms with Crippen LogP contribution in [0.3, 0.4) is 0 Å². The highest BCUT2D eigenvalue weighted by molar-refractivity contribution is 5.55. The maximum Gasteiger partial charge on any atom is 0.224 e. The minimum Gasteiger partial charge on any atom is -0.354 e. The summed E-state index contributed by atoms with van der Waals surface area (Å²) in [6.45, 7) is 4.05. The molecule has 0 spiro atoms. The summed E-state index contributed by atoms with van der Waals surface area (Å²) < 4.78 is 0. The van der Waals surface area contributed by atoms with Gasteiger partial charge in [-0.05, 0) is 37.3 Å². The van der Waals surface area contributed by atoms with Crippen molar-refractivity contribution >= 4 is 11.8 Å². The van der Waals surface area contributed by atoms with E-state index in [0.717, 1.165) is 24.9 Å². The van der Waals surface area contributed by atoms with E-state index in [1.165, 1.54) is 30.5 Å². The first kappa shape index (κ1) is 13.3. The molecule has 1 aromatic heterocycles. The Labute approximate surface area is 137 Å². The Balaban J connectivity index is 1.53. The lowest BCUT2D eigenvalue weighted by Gasteiger charge is -2.30. The lowest BCUT2D eigenvalue weighted by molar-refractivity contribution is 0.726. The van der Waals surface area contributed by atoms with Crippen LogP contribution in [0.5, 0.6) is 0 Å². The molecule has 2 heterocycles. The molecule has 1 saturated heterocycles. The second kappa shape index (κ2) is 4.95. The molecule has 4 heteroatoms. The first-order chi connectivity index (χ1) is 11.3. The number of nitrogens with one attached hydrogen (secondary N) is 1. The lowest BCUT2D eigenvalue weighted by atomic mass is 9.99. The van der Waals surface area contributed by atoms with Crippen LogP contribution in [0.2, 0.25) is 0 Å². The Hall–Kier alpha value is -2.10. The molecule has 0 amide bonds. The second-order valence-corrected chi connectivity index (χ2v) is 7.01. The average molecular weight is 306 g/mol. The number of hydrogen-bond acceptors (Lipinski definition) is 4. The molecule has 2 atom stereocenters. The number of benzene rings is 1. The quantitative estimate of drug-likeness (QED) is 0.932. The number of fused-ring (bicyclic) bond motifs is 5. The van der Waals surface area contributed by atoms with Crippen molar-refractivity contribution in [2.24, 2.45) is 0 Å². The highest BCUT2D eigenvalue weighted by atomic mass is 15.3. The van der Waals surface area contributed by atoms with Crippen LogP contribution in [0.25, 0.3) is 0 Å². The molecule has 2 fully saturated rings. The van der Waals surface area contributed by atoms with Gasteiger partial charge in [0, 0.05) is 31.0 Å². The molecule has 2 bridgehead atoms. The summed E-state index contributed by atoms with van der Waals surface area (Å²) in [5, 5.41) is 3.31. The van der Waals surface area contributed by atoms with Gasteiger partial charge in [-0.25, -0.2) is 4.98 Å². The van der Waals surface area contributed by atoms with Crippen LogP contribution in [0.4, 0.5) is 11.8 Å². The average Bonchev–Trinajstić information content (AvgIpc) is 3.26. The minimum atomic E-state index is 0.493. The van der Waals surface area contributed by atoms with Crippen molar-refractivity contribution in [3.63, 3.8) is 0 Å². The number of hydrogen-bond donors (Lipinski definition) is 1. The zero-order valence-corrected chi connectivity index (χ0v) is 13.5. The van der Waals surface area contributed by atoms with Crippen LogP contribution < -0.4 is 10.2 Å². The molecule has 1 aromatic carbocycles. The van der Waals surface area contributed by atoms with Crippen LogP contribution in [0.1, 0.15) is 60.9 Å². The van der Waals surface area contributed by atoms with E-state index in [-0.39, 0.29) is 0 Å². The summed E-state index contributed by atoms with van der Waals surface area (Å²) in [6, 6.07) is 11.7. The normalized spacial score (nSPS) is 24.8. The van der Waals surface area contributed by atoms with Gasteiger partial charge in [-0.3, -0.25) is 0 Å². The number of anilines is 2. The second-order valence-electron chi connectivity index (χ2n) is 7.01. The monoisotopic (exact) mass is 306 g/mol. The molecular weight excluding hydrogens is 284 g/mol. The van der Waals surface area contributed by atoms with Gasteiger partial charge in [-0.1, -0.05) is 24.3 Å². The Morgan fingerprint density at radius 2 is 1.96 bits per heavy atom. The third-order valence-corrected chi connectivity index (χ3v) is 5.45. The van der Waals surface area contributed by atoms with E-state index in [1.54, 1.807) is 5.56 Å². The molecule has 0 radical (unpaired) electrons. The van der Waals surface area contributed by atoms with Crippen LogP contribution in [0.15, 0.2) is 30.3 Å². The highest BCUT2D eigenvalue weighted by Gasteiger charge is 2.43. The van der Waals surface area contributed by atoms with Crippen LogP contribution in [0, 0.1) is 0 Å². The molecule has 2 aliphatic carbocycles. The smallest absolute Gasteiger partial charge is 0.224 e. The van der Waals surface area contributed by atoms with Crippen LogP contribution >= 0.6 is 0 Å². The first-order valence-electron chi connectivity index (χ1n) is 8.82. The van der Waals surface area contributed by atoms with E-state index >= 15 is 0 Å². The van der Waals surface area contributed by atoms with E-state index in [4.69, 9.17) is 9.97 Å². The fraction of sp³-hybridized carbons (Fsp3) is 0.474. The van der Waals surface area contributed by atoms with Crippen LogP contribution in [-0.2, 0) is 0 Å². The van der Waals surface area contributed by atoms with E-state index in [2.05, 4.69) is 47.5 Å². The van der Waals surface area contributed by atoms with Gasteiger partial charge in [0.05, 0.1) is 11.7 Å². The topological polar surface area (TPSA) is 41.1 Å². The Morgan fingerprint density at radius 1 is 1.13 bits per heavy atom. The molecule has 4 nitrogen and oxygen atoms in total. The van der Waals surface area contributed by atoms with Crippen molar-refractivity contribution in [3.05, 3.63) is 47.2 Å². The third kappa shape index (κ3) is 2.12. The summed E-state index contributed by atoms with van der Waals surface area (Å²) in [5.41, 5.74) is 4.28. The van der Waals surface area contributed by atoms with Crippen molar-refractivity contribution < 1.29 is 0 Å². The van der Waals surface area contributed by atoms with Gasteiger partial charge in [0.1, 0.15) is 5.82 Å². The Morgan fingerprint density at radius 3 is 2.74 bits per heavy atom. The predicted molar refractivity (Wildman–Crippen MR) is 92.1 cm³/mol. The van der Waals surface area contributed by atoms with Gasteiger partial charge in [0.15, 0.2) is 0 Å². The molecule has 2 aromatic rings. The highest BCUT2D eigenvalue weighted by Crippen LogP contribution is 2.51. The van der Waals surface area contributed by atoms with Gasteiger partial charge in [0.25, 0.3) is 0 Å². The number of rotatable bonds is 4. The molecular formula is C19H22N4. The van der Waals surface area contributed by atoms with E-state index in [1.807, 2.05) is 0 Å². The number of aromatic nitrogens is 2. The molecule has 1 N–H and O–H groups in total. The summed E-state index contributed by atoms with van der Waals surface area (Å²) in [6.07, 6.45) is 3.78. The summed E-state index contributed by atoms with van der Waals surface area (Å²) in [5.74, 6) is 3.22. The molecule has 1 saturated carbocycles. The van der Waals surface area contributed by atoms with Crippen molar-refractivity contribution in [1.82, 2.24) is 9.97 Å². The minimum absolute atomic E-state index is 0.493. The fourth-order valence-electron chi connectivity index (χ4n) is 4.22. The number of nitrogens with zero attached hydrogens (tertiary/aromatic N) is 3. The lowest BCUT2D eigenvalue weighted by Crippen LogP contribution is -2.28. The van der Waals surface area contributed by atoms with Gasteiger partial charge in [-0.2, -0.15) is 4.98 Å². The van der Waals surface area contributed by atoms with Crippen molar-refractivity contribution in [2.45, 2.75) is 44.1 Å². The Bertz CT molecular complexity index is 753. The van der Waals surface area contributed by atoms with E-state index in [9.17, 15) is 0 Å². The van der Waals surface area contributed by atoms with Crippen molar-refractivity contribution in [2.75, 3.05) is 23.3 Å². The van der Waals surface area contributed by atoms with Crippen molar-refractivity contribution in [3.8, 4) is 0 Å². The largest absolute Gasteiger partial charge is 0.354 e. The standard InChI is InChI=1S/C19H22N4/c1-2-20-19-21-16(12-7-8-12)10-18(22-19)23-11-13-9-17(23)15-6-4-3-5-14(13)15/h3-6,10,12-13,17H,2,7-9,11H2,1H3,(H,20,21,22)/t13-,17+/m1/s1. The molecule has 0 unspecified atom stereocenters. The first-order valence-corrected chi connectivity index (χ1v) is 8.82. The maximum atomic E-state index is 4.81. The van der Waals surface area contributed by atoms with Crippen molar-refractivity contribution in [1.29, 1.82) is 0 Å².